The molecule has 1 aromatic rings. The van der Waals surface area contributed by atoms with E-state index in [1.54, 1.807) is 19.2 Å². The Bertz CT molecular complexity index is 448. The maximum Gasteiger partial charge on any atom is 0.340 e. The number of rotatable bonds is 5. The Labute approximate surface area is 116 Å². The molecule has 2 N–H and O–H groups in total. The second kappa shape index (κ2) is 6.77. The number of thioether (sulfide) groups is 1. The Kier molecular flexibility index (Phi) is 5.04. The molecule has 104 valence electrons. The number of pyridine rings is 1. The Morgan fingerprint density at radius 3 is 3.21 bits per heavy atom. The van der Waals surface area contributed by atoms with Crippen molar-refractivity contribution in [3.05, 3.63) is 17.8 Å². The average Bonchev–Trinajstić information content (AvgIpc) is 2.90. The fourth-order valence-corrected chi connectivity index (χ4v) is 2.92. The fraction of sp³-hybridized carbons (Fsp3) is 0.538. The SMILES string of the molecule is CCOC(=O)c1cc(N)cnc1SCC1CCCO1. The van der Waals surface area contributed by atoms with Crippen LogP contribution in [-0.2, 0) is 9.47 Å². The number of hydrogen-bond donors (Lipinski definition) is 1. The maximum atomic E-state index is 11.9. The van der Waals surface area contributed by atoms with E-state index in [2.05, 4.69) is 4.98 Å². The summed E-state index contributed by atoms with van der Waals surface area (Å²) in [6.07, 6.45) is 3.97. The Balaban J connectivity index is 2.07. The van der Waals surface area contributed by atoms with Crippen molar-refractivity contribution in [2.45, 2.75) is 30.9 Å². The lowest BCUT2D eigenvalue weighted by atomic mass is 10.2. The van der Waals surface area contributed by atoms with Gasteiger partial charge in [0.15, 0.2) is 0 Å². The van der Waals surface area contributed by atoms with Gasteiger partial charge in [0.05, 0.1) is 30.2 Å². The number of carbonyl (C=O) groups excluding carboxylic acids is 1. The van der Waals surface area contributed by atoms with Crippen molar-refractivity contribution in [3.8, 4) is 0 Å². The van der Waals surface area contributed by atoms with Gasteiger partial charge in [0.1, 0.15) is 5.03 Å². The van der Waals surface area contributed by atoms with Crippen molar-refractivity contribution in [2.75, 3.05) is 24.7 Å². The molecule has 0 aliphatic carbocycles. The number of nitrogens with zero attached hydrogens (tertiary/aromatic N) is 1. The number of aromatic nitrogens is 1. The van der Waals surface area contributed by atoms with Crippen LogP contribution in [0.3, 0.4) is 0 Å². The molecule has 0 saturated carbocycles. The standard InChI is InChI=1S/C13H18N2O3S/c1-2-17-13(16)11-6-9(14)7-15-12(11)19-8-10-4-3-5-18-10/h6-7,10H,2-5,8,14H2,1H3. The van der Waals surface area contributed by atoms with E-state index >= 15 is 0 Å². The van der Waals surface area contributed by atoms with Gasteiger partial charge in [0.2, 0.25) is 0 Å². The molecule has 5 nitrogen and oxygen atoms in total. The zero-order valence-corrected chi connectivity index (χ0v) is 11.7. The average molecular weight is 282 g/mol. The van der Waals surface area contributed by atoms with E-state index < -0.39 is 0 Å². The molecule has 1 aliphatic rings. The molecule has 0 aromatic carbocycles. The molecule has 1 unspecified atom stereocenters. The van der Waals surface area contributed by atoms with Gasteiger partial charge in [-0.05, 0) is 25.8 Å². The molecule has 19 heavy (non-hydrogen) atoms. The number of carbonyl (C=O) groups is 1. The van der Waals surface area contributed by atoms with E-state index in [1.165, 1.54) is 11.8 Å². The molecule has 1 saturated heterocycles. The Hall–Kier alpha value is -1.27. The number of anilines is 1. The number of esters is 1. The lowest BCUT2D eigenvalue weighted by molar-refractivity contribution is 0.0521. The first-order chi connectivity index (χ1) is 9.20. The Morgan fingerprint density at radius 2 is 2.53 bits per heavy atom. The van der Waals surface area contributed by atoms with Gasteiger partial charge in [0, 0.05) is 12.4 Å². The van der Waals surface area contributed by atoms with Gasteiger partial charge in [-0.2, -0.15) is 0 Å². The minimum atomic E-state index is -0.378. The van der Waals surface area contributed by atoms with Crippen LogP contribution in [0.15, 0.2) is 17.3 Å². The third-order valence-electron chi connectivity index (χ3n) is 2.80. The third-order valence-corrected chi connectivity index (χ3v) is 3.93. The summed E-state index contributed by atoms with van der Waals surface area (Å²) in [5, 5.41) is 0.656. The van der Waals surface area contributed by atoms with Crippen molar-refractivity contribution < 1.29 is 14.3 Å². The molecular weight excluding hydrogens is 264 g/mol. The van der Waals surface area contributed by atoms with Gasteiger partial charge >= 0.3 is 5.97 Å². The van der Waals surface area contributed by atoms with Crippen molar-refractivity contribution in [1.29, 1.82) is 0 Å². The molecule has 1 aliphatic heterocycles. The highest BCUT2D eigenvalue weighted by atomic mass is 32.2. The van der Waals surface area contributed by atoms with E-state index in [1.807, 2.05) is 0 Å². The Morgan fingerprint density at radius 1 is 1.68 bits per heavy atom. The minimum absolute atomic E-state index is 0.249. The topological polar surface area (TPSA) is 74.4 Å². The monoisotopic (exact) mass is 282 g/mol. The zero-order valence-electron chi connectivity index (χ0n) is 10.9. The predicted molar refractivity (Wildman–Crippen MR) is 74.3 cm³/mol. The van der Waals surface area contributed by atoms with Crippen LogP contribution in [0.4, 0.5) is 5.69 Å². The smallest absolute Gasteiger partial charge is 0.340 e. The molecule has 1 fully saturated rings. The molecule has 6 heteroatoms. The van der Waals surface area contributed by atoms with Crippen molar-refractivity contribution >= 4 is 23.4 Å². The molecular formula is C13H18N2O3S. The maximum absolute atomic E-state index is 11.9. The summed E-state index contributed by atoms with van der Waals surface area (Å²) in [7, 11) is 0. The molecule has 1 aromatic heterocycles. The van der Waals surface area contributed by atoms with Crippen LogP contribution in [0, 0.1) is 0 Å². The first-order valence-electron chi connectivity index (χ1n) is 6.37. The molecule has 0 spiro atoms. The van der Waals surface area contributed by atoms with Crippen molar-refractivity contribution in [2.24, 2.45) is 0 Å². The van der Waals surface area contributed by atoms with Gasteiger partial charge in [-0.1, -0.05) is 0 Å². The normalized spacial score (nSPS) is 18.5. The summed E-state index contributed by atoms with van der Waals surface area (Å²) >= 11 is 1.51. The first kappa shape index (κ1) is 14.1. The summed E-state index contributed by atoms with van der Waals surface area (Å²) in [6, 6.07) is 1.61. The molecule has 2 rings (SSSR count). The van der Waals surface area contributed by atoms with Crippen LogP contribution in [0.2, 0.25) is 0 Å². The molecule has 0 amide bonds. The summed E-state index contributed by atoms with van der Waals surface area (Å²) in [6.45, 7) is 2.94. The highest BCUT2D eigenvalue weighted by Gasteiger charge is 2.19. The summed E-state index contributed by atoms with van der Waals surface area (Å²) in [5.41, 5.74) is 6.57. The van der Waals surface area contributed by atoms with Gasteiger partial charge in [0.25, 0.3) is 0 Å². The van der Waals surface area contributed by atoms with E-state index in [-0.39, 0.29) is 12.1 Å². The van der Waals surface area contributed by atoms with Crippen LogP contribution in [-0.4, -0.2) is 36.0 Å². The number of nitrogens with two attached hydrogens (primary N) is 1. The lowest BCUT2D eigenvalue weighted by Gasteiger charge is -2.11. The fourth-order valence-electron chi connectivity index (χ4n) is 1.89. The number of hydrogen-bond acceptors (Lipinski definition) is 6. The first-order valence-corrected chi connectivity index (χ1v) is 7.36. The highest BCUT2D eigenvalue weighted by molar-refractivity contribution is 7.99. The predicted octanol–water partition coefficient (Wildman–Crippen LogP) is 2.11. The third kappa shape index (κ3) is 3.84. The second-order valence-electron chi connectivity index (χ2n) is 4.29. The molecule has 0 bridgehead atoms. The summed E-state index contributed by atoms with van der Waals surface area (Å²) in [4.78, 5) is 16.1. The zero-order chi connectivity index (χ0) is 13.7. The lowest BCUT2D eigenvalue weighted by Crippen LogP contribution is -2.11. The van der Waals surface area contributed by atoms with E-state index in [9.17, 15) is 4.79 Å². The van der Waals surface area contributed by atoms with Gasteiger partial charge in [-0.25, -0.2) is 9.78 Å². The van der Waals surface area contributed by atoms with Crippen LogP contribution < -0.4 is 5.73 Å². The van der Waals surface area contributed by atoms with Crippen LogP contribution in [0.25, 0.3) is 0 Å². The number of ether oxygens (including phenoxy) is 2. The van der Waals surface area contributed by atoms with E-state index in [4.69, 9.17) is 15.2 Å². The molecule has 2 heterocycles. The van der Waals surface area contributed by atoms with Gasteiger partial charge < -0.3 is 15.2 Å². The number of nitrogen functional groups attached to an aromatic ring is 1. The minimum Gasteiger partial charge on any atom is -0.462 e. The largest absolute Gasteiger partial charge is 0.462 e. The summed E-state index contributed by atoms with van der Waals surface area (Å²) < 4.78 is 10.6. The van der Waals surface area contributed by atoms with E-state index in [0.29, 0.717) is 22.9 Å². The van der Waals surface area contributed by atoms with Crippen molar-refractivity contribution in [1.82, 2.24) is 4.98 Å². The molecule has 1 atom stereocenters. The van der Waals surface area contributed by atoms with Crippen molar-refractivity contribution in [3.63, 3.8) is 0 Å². The van der Waals surface area contributed by atoms with Crippen LogP contribution in [0.1, 0.15) is 30.1 Å². The second-order valence-corrected chi connectivity index (χ2v) is 5.30. The van der Waals surface area contributed by atoms with Gasteiger partial charge in [-0.15, -0.1) is 11.8 Å². The van der Waals surface area contributed by atoms with Gasteiger partial charge in [-0.3, -0.25) is 0 Å². The van der Waals surface area contributed by atoms with E-state index in [0.717, 1.165) is 25.2 Å². The summed E-state index contributed by atoms with van der Waals surface area (Å²) in [5.74, 6) is 0.417. The highest BCUT2D eigenvalue weighted by Crippen LogP contribution is 2.26. The van der Waals surface area contributed by atoms with Crippen LogP contribution >= 0.6 is 11.8 Å². The quantitative estimate of drug-likeness (QED) is 0.658. The van der Waals surface area contributed by atoms with Crippen LogP contribution in [0.5, 0.6) is 0 Å². The molecule has 0 radical (unpaired) electrons.